The van der Waals surface area contributed by atoms with Crippen LogP contribution < -0.4 is 37.1 Å². The third-order valence-electron chi connectivity index (χ3n) is 8.46. The molecule has 246 valence electrons. The van der Waals surface area contributed by atoms with Crippen LogP contribution in [-0.4, -0.2) is 69.7 Å². The molecule has 1 atom stereocenters. The molecule has 1 aromatic carbocycles. The lowest BCUT2D eigenvalue weighted by Gasteiger charge is -2.38. The molecule has 1 aliphatic heterocycles. The molecule has 3 N–H and O–H groups in total. The van der Waals surface area contributed by atoms with E-state index in [0.29, 0.717) is 18.9 Å². The van der Waals surface area contributed by atoms with Crippen molar-refractivity contribution in [1.29, 1.82) is 0 Å². The number of fused-ring (bicyclic) bond motifs is 1. The fraction of sp³-hybridized carbons (Fsp3) is 0.485. The fourth-order valence-electron chi connectivity index (χ4n) is 5.98. The van der Waals surface area contributed by atoms with Crippen molar-refractivity contribution < 1.29 is 18.7 Å². The van der Waals surface area contributed by atoms with E-state index in [0.717, 1.165) is 61.0 Å². The van der Waals surface area contributed by atoms with Crippen LogP contribution in [0.1, 0.15) is 51.5 Å². The molecule has 3 aromatic rings. The largest absolute Gasteiger partial charge is 0.442 e. The fourth-order valence-corrected chi connectivity index (χ4v) is 5.98. The average molecular weight is 635 g/mol. The van der Waals surface area contributed by atoms with Gasteiger partial charge in [0.25, 0.3) is 5.56 Å². The number of carbonyl (C=O) groups excluding carboxylic acids is 2. The van der Waals surface area contributed by atoms with Crippen LogP contribution in [0, 0.1) is 11.7 Å². The maximum atomic E-state index is 13.6. The van der Waals surface area contributed by atoms with E-state index in [1.54, 1.807) is 0 Å². The Kier molecular flexibility index (Phi) is 10.5. The summed E-state index contributed by atoms with van der Waals surface area (Å²) >= 11 is 0. The van der Waals surface area contributed by atoms with E-state index in [2.05, 4.69) is 31.9 Å². The number of aromatic nitrogens is 4. The number of nitrogens with two attached hydrogens (primary N) is 1. The van der Waals surface area contributed by atoms with Crippen LogP contribution in [0.5, 0.6) is 0 Å². The van der Waals surface area contributed by atoms with E-state index < -0.39 is 17.9 Å². The minimum atomic E-state index is -0.711. The Morgan fingerprint density at radius 2 is 1.83 bits per heavy atom. The lowest BCUT2D eigenvalue weighted by molar-refractivity contribution is -0.147. The van der Waals surface area contributed by atoms with Gasteiger partial charge in [0.15, 0.2) is 6.73 Å². The molecule has 1 fully saturated rings. The summed E-state index contributed by atoms with van der Waals surface area (Å²) in [5.74, 6) is 0.154. The molecular weight excluding hydrogens is 591 g/mol. The highest BCUT2D eigenvalue weighted by Crippen LogP contribution is 2.23. The highest BCUT2D eigenvalue weighted by Gasteiger charge is 2.28. The van der Waals surface area contributed by atoms with Crippen molar-refractivity contribution in [3.63, 3.8) is 0 Å². The summed E-state index contributed by atoms with van der Waals surface area (Å²) in [6.07, 6.45) is 9.81. The van der Waals surface area contributed by atoms with E-state index in [1.165, 1.54) is 29.0 Å². The predicted octanol–water partition coefficient (Wildman–Crippen LogP) is 1.08. The summed E-state index contributed by atoms with van der Waals surface area (Å²) < 4.78 is 22.4. The van der Waals surface area contributed by atoms with Crippen molar-refractivity contribution in [3.8, 4) is 0 Å². The number of imidazole rings is 1. The quantitative estimate of drug-likeness (QED) is 0.280. The van der Waals surface area contributed by atoms with Crippen molar-refractivity contribution >= 4 is 35.9 Å². The van der Waals surface area contributed by atoms with E-state index in [9.17, 15) is 18.8 Å². The molecule has 0 radical (unpaired) electrons. The second kappa shape index (κ2) is 14.7. The number of anilines is 2. The third kappa shape index (κ3) is 7.82. The zero-order chi connectivity index (χ0) is 32.8. The first kappa shape index (κ1) is 32.9. The summed E-state index contributed by atoms with van der Waals surface area (Å²) in [7, 11) is 1.88. The van der Waals surface area contributed by atoms with Gasteiger partial charge in [-0.1, -0.05) is 38.1 Å². The van der Waals surface area contributed by atoms with Gasteiger partial charge in [-0.3, -0.25) is 14.4 Å². The Labute approximate surface area is 267 Å². The molecule has 5 rings (SSSR count). The van der Waals surface area contributed by atoms with Crippen molar-refractivity contribution in [2.24, 2.45) is 11.7 Å². The van der Waals surface area contributed by atoms with E-state index >= 15 is 0 Å². The van der Waals surface area contributed by atoms with Crippen molar-refractivity contribution in [3.05, 3.63) is 69.0 Å². The second-order valence-corrected chi connectivity index (χ2v) is 12.3. The lowest BCUT2D eigenvalue weighted by Crippen LogP contribution is -2.46. The first-order chi connectivity index (χ1) is 22.1. The Bertz CT molecular complexity index is 1710. The number of amides is 1. The first-order valence-electron chi connectivity index (χ1n) is 15.8. The molecule has 1 unspecified atom stereocenters. The molecule has 3 heterocycles. The summed E-state index contributed by atoms with van der Waals surface area (Å²) in [6.45, 7) is 5.30. The van der Waals surface area contributed by atoms with E-state index in [4.69, 9.17) is 15.5 Å². The minimum absolute atomic E-state index is 0.0718. The van der Waals surface area contributed by atoms with Crippen molar-refractivity contribution in [2.45, 2.75) is 71.3 Å². The third-order valence-corrected chi connectivity index (χ3v) is 8.46. The highest BCUT2D eigenvalue weighted by atomic mass is 19.1. The summed E-state index contributed by atoms with van der Waals surface area (Å²) in [6, 6.07) is 7.26. The smallest absolute Gasteiger partial charge is 0.327 e. The molecule has 0 bridgehead atoms. The number of esters is 1. The summed E-state index contributed by atoms with van der Waals surface area (Å²) in [4.78, 5) is 51.1. The Morgan fingerprint density at radius 1 is 1.11 bits per heavy atom. The number of piperidine rings is 1. The number of hydrogen-bond donors (Lipinski definition) is 2. The van der Waals surface area contributed by atoms with Gasteiger partial charge in [0.1, 0.15) is 12.4 Å². The molecule has 0 saturated carbocycles. The Balaban J connectivity index is 1.23. The minimum Gasteiger partial charge on any atom is -0.442 e. The van der Waals surface area contributed by atoms with Crippen LogP contribution in [-0.2, 0) is 27.6 Å². The molecule has 1 saturated heterocycles. The highest BCUT2D eigenvalue weighted by molar-refractivity contribution is 5.85. The van der Waals surface area contributed by atoms with Gasteiger partial charge in [0, 0.05) is 38.4 Å². The molecule has 2 aliphatic rings. The van der Waals surface area contributed by atoms with Crippen molar-refractivity contribution in [1.82, 2.24) is 24.4 Å². The zero-order valence-electron chi connectivity index (χ0n) is 26.7. The first-order valence-corrected chi connectivity index (χ1v) is 15.8. The van der Waals surface area contributed by atoms with Crippen LogP contribution in [0.2, 0.25) is 0 Å². The standard InChI is InChI=1S/C33H43FN8O4/c1-22(2)18-26(35)31(45)37-19-30(44)46-21-42-29(43)12-15-36-32(42)39(3)25-13-16-40(17-14-25)33-38-27-6-4-5-7-28(27)41(33)20-23-8-10-24(34)11-9-23/h6-12,15,22,25-26H,4-5,13-14,16-21,35H2,1-3H3,(H,37,45). The SMILES string of the molecule is CC(C)CC(N)C(=O)NCC(=O)OCn1c(N(C)C2CCN(c3nc4c(n3Cc3ccc(F)cc3)=CCCC=4)CC2)nccc1=O. The second-order valence-electron chi connectivity index (χ2n) is 12.3. The van der Waals surface area contributed by atoms with E-state index in [1.807, 2.05) is 37.9 Å². The topological polar surface area (TPSA) is 141 Å². The van der Waals surface area contributed by atoms with Crippen LogP contribution in [0.4, 0.5) is 16.3 Å². The maximum Gasteiger partial charge on any atom is 0.327 e. The number of nitrogens with zero attached hydrogens (tertiary/aromatic N) is 6. The molecule has 46 heavy (non-hydrogen) atoms. The van der Waals surface area contributed by atoms with Gasteiger partial charge >= 0.3 is 5.97 Å². The number of halogens is 1. The maximum absolute atomic E-state index is 13.6. The van der Waals surface area contributed by atoms with Gasteiger partial charge in [-0.25, -0.2) is 18.9 Å². The number of ether oxygens (including phenoxy) is 1. The summed E-state index contributed by atoms with van der Waals surface area (Å²) in [5.41, 5.74) is 6.52. The molecule has 2 aromatic heterocycles. The molecular formula is C33H43FN8O4. The van der Waals surface area contributed by atoms with Gasteiger partial charge in [0.05, 0.1) is 23.3 Å². The number of rotatable bonds is 12. The Hall–Kier alpha value is -4.52. The predicted molar refractivity (Wildman–Crippen MR) is 174 cm³/mol. The molecule has 13 heteroatoms. The monoisotopic (exact) mass is 634 g/mol. The molecule has 1 amide bonds. The summed E-state index contributed by atoms with van der Waals surface area (Å²) in [5, 5.41) is 4.57. The average Bonchev–Trinajstić information content (AvgIpc) is 3.41. The van der Waals surface area contributed by atoms with Crippen LogP contribution in [0.15, 0.2) is 41.3 Å². The van der Waals surface area contributed by atoms with Crippen LogP contribution in [0.3, 0.4) is 0 Å². The number of nitrogens with one attached hydrogen (secondary N) is 1. The van der Waals surface area contributed by atoms with Crippen LogP contribution in [0.25, 0.3) is 12.2 Å². The number of hydrogen-bond acceptors (Lipinski definition) is 9. The molecule has 1 aliphatic carbocycles. The molecule has 0 spiro atoms. The number of carbonyl (C=O) groups is 2. The van der Waals surface area contributed by atoms with Gasteiger partial charge in [0.2, 0.25) is 17.8 Å². The van der Waals surface area contributed by atoms with Gasteiger partial charge in [-0.05, 0) is 55.7 Å². The Morgan fingerprint density at radius 3 is 2.54 bits per heavy atom. The number of benzene rings is 1. The molecule has 12 nitrogen and oxygen atoms in total. The van der Waals surface area contributed by atoms with Crippen LogP contribution >= 0.6 is 0 Å². The van der Waals surface area contributed by atoms with E-state index in [-0.39, 0.29) is 36.6 Å². The lowest BCUT2D eigenvalue weighted by atomic mass is 10.0. The normalized spacial score (nSPS) is 15.5. The zero-order valence-corrected chi connectivity index (χ0v) is 26.7. The van der Waals surface area contributed by atoms with Gasteiger partial charge in [-0.2, -0.15) is 0 Å². The van der Waals surface area contributed by atoms with Gasteiger partial charge < -0.3 is 30.2 Å². The van der Waals surface area contributed by atoms with Crippen molar-refractivity contribution in [2.75, 3.05) is 36.5 Å². The van der Waals surface area contributed by atoms with Gasteiger partial charge in [-0.15, -0.1) is 0 Å².